The Labute approximate surface area is 176 Å². The van der Waals surface area contributed by atoms with Gasteiger partial charge in [-0.1, -0.05) is 60.7 Å². The van der Waals surface area contributed by atoms with Crippen molar-refractivity contribution >= 4 is 29.4 Å². The van der Waals surface area contributed by atoms with Gasteiger partial charge in [0.25, 0.3) is 0 Å². The van der Waals surface area contributed by atoms with Crippen molar-refractivity contribution in [1.29, 1.82) is 15.8 Å². The van der Waals surface area contributed by atoms with Gasteiger partial charge in [-0.15, -0.1) is 0 Å². The lowest BCUT2D eigenvalue weighted by Gasteiger charge is -2.23. The van der Waals surface area contributed by atoms with E-state index in [2.05, 4.69) is 0 Å². The molecule has 0 aliphatic heterocycles. The van der Waals surface area contributed by atoms with Gasteiger partial charge in [0, 0.05) is 5.56 Å². The molecule has 1 N–H and O–H groups in total. The number of allylic oxidation sites excluding steroid dienone is 2. The Kier molecular flexibility index (Phi) is 6.46. The number of nitriles is 3. The molecule has 5 nitrogen and oxygen atoms in total. The first-order valence-electron chi connectivity index (χ1n) is 8.91. The summed E-state index contributed by atoms with van der Waals surface area (Å²) in [5.74, 6) is 0.288. The second-order valence-electron chi connectivity index (χ2n) is 6.10. The molecule has 6 heteroatoms. The average Bonchev–Trinajstić information content (AvgIpc) is 2.80. The number of aromatic hydroxyl groups is 1. The molecule has 3 aromatic rings. The predicted molar refractivity (Wildman–Crippen MR) is 117 cm³/mol. The van der Waals surface area contributed by atoms with Crippen LogP contribution in [0.15, 0.2) is 78.4 Å². The molecule has 0 bridgehead atoms. The summed E-state index contributed by atoms with van der Waals surface area (Å²) in [6.07, 6.45) is 0. The average molecular weight is 409 g/mol. The molecule has 0 aliphatic carbocycles. The number of hydrogen-bond acceptors (Lipinski definition) is 5. The molecule has 0 aromatic heterocycles. The second kappa shape index (κ2) is 9.40. The Morgan fingerprint density at radius 2 is 1.33 bits per heavy atom. The van der Waals surface area contributed by atoms with Crippen molar-refractivity contribution in [2.24, 2.45) is 0 Å². The Morgan fingerprint density at radius 1 is 0.800 bits per heavy atom. The third-order valence-electron chi connectivity index (χ3n) is 4.44. The first kappa shape index (κ1) is 20.6. The minimum Gasteiger partial charge on any atom is -0.506 e. The van der Waals surface area contributed by atoms with E-state index in [1.54, 1.807) is 18.2 Å². The highest BCUT2D eigenvalue weighted by molar-refractivity contribution is 7.80. The van der Waals surface area contributed by atoms with Gasteiger partial charge in [-0.3, -0.25) is 0 Å². The fourth-order valence-electron chi connectivity index (χ4n) is 3.09. The SMILES string of the molecule is COc1ccc(C(C#N)=C(C#N)C#N)c(O)c1P(c1ccccc1)c1ccccc1. The lowest BCUT2D eigenvalue weighted by atomic mass is 10.0. The summed E-state index contributed by atoms with van der Waals surface area (Å²) in [5.41, 5.74) is -0.393. The maximum absolute atomic E-state index is 11.3. The van der Waals surface area contributed by atoms with Crippen LogP contribution in [-0.2, 0) is 0 Å². The first-order valence-corrected chi connectivity index (χ1v) is 10.3. The van der Waals surface area contributed by atoms with Gasteiger partial charge in [0.05, 0.1) is 18.0 Å². The largest absolute Gasteiger partial charge is 0.506 e. The third-order valence-corrected chi connectivity index (χ3v) is 6.95. The van der Waals surface area contributed by atoms with Crippen molar-refractivity contribution < 1.29 is 9.84 Å². The summed E-state index contributed by atoms with van der Waals surface area (Å²) in [7, 11) is 0.272. The van der Waals surface area contributed by atoms with Crippen LogP contribution in [0.5, 0.6) is 11.5 Å². The van der Waals surface area contributed by atoms with E-state index < -0.39 is 7.92 Å². The van der Waals surface area contributed by atoms with Crippen LogP contribution in [0.4, 0.5) is 0 Å². The van der Waals surface area contributed by atoms with Gasteiger partial charge in [-0.05, 0) is 30.7 Å². The Bertz CT molecular complexity index is 1160. The molecule has 0 heterocycles. The van der Waals surface area contributed by atoms with Crippen molar-refractivity contribution in [3.05, 3.63) is 83.9 Å². The van der Waals surface area contributed by atoms with Crippen molar-refractivity contribution in [1.82, 2.24) is 0 Å². The highest BCUT2D eigenvalue weighted by Crippen LogP contribution is 2.43. The summed E-state index contributed by atoms with van der Waals surface area (Å²) < 4.78 is 5.56. The van der Waals surface area contributed by atoms with Crippen LogP contribution in [0, 0.1) is 34.0 Å². The van der Waals surface area contributed by atoms with Crippen LogP contribution in [0.3, 0.4) is 0 Å². The van der Waals surface area contributed by atoms with Crippen molar-refractivity contribution in [3.8, 4) is 29.7 Å². The summed E-state index contributed by atoms with van der Waals surface area (Å²) in [6, 6.07) is 27.9. The van der Waals surface area contributed by atoms with Crippen molar-refractivity contribution in [2.75, 3.05) is 7.11 Å². The third kappa shape index (κ3) is 3.87. The molecule has 0 saturated carbocycles. The van der Waals surface area contributed by atoms with Gasteiger partial charge in [0.15, 0.2) is 0 Å². The lowest BCUT2D eigenvalue weighted by molar-refractivity contribution is 0.413. The molecule has 0 atom stereocenters. The van der Waals surface area contributed by atoms with E-state index in [-0.39, 0.29) is 22.5 Å². The molecule has 0 saturated heterocycles. The number of hydrogen-bond donors (Lipinski definition) is 1. The van der Waals surface area contributed by atoms with E-state index in [1.165, 1.54) is 13.2 Å². The molecule has 3 aromatic carbocycles. The number of ether oxygens (including phenoxy) is 1. The van der Waals surface area contributed by atoms with Gasteiger partial charge < -0.3 is 9.84 Å². The highest BCUT2D eigenvalue weighted by Gasteiger charge is 2.27. The second-order valence-corrected chi connectivity index (χ2v) is 8.26. The van der Waals surface area contributed by atoms with Crippen LogP contribution in [-0.4, -0.2) is 12.2 Å². The summed E-state index contributed by atoms with van der Waals surface area (Å²) in [4.78, 5) is 0. The maximum Gasteiger partial charge on any atom is 0.148 e. The Morgan fingerprint density at radius 3 is 1.77 bits per heavy atom. The van der Waals surface area contributed by atoms with Crippen LogP contribution in [0.2, 0.25) is 0 Å². The molecule has 0 aliphatic rings. The number of nitrogens with zero attached hydrogens (tertiary/aromatic N) is 3. The maximum atomic E-state index is 11.3. The zero-order valence-corrected chi connectivity index (χ0v) is 17.0. The summed E-state index contributed by atoms with van der Waals surface area (Å²) in [6.45, 7) is 0. The Hall–Kier alpha value is -4.10. The monoisotopic (exact) mass is 409 g/mol. The van der Waals surface area contributed by atoms with Gasteiger partial charge in [-0.25, -0.2) is 0 Å². The van der Waals surface area contributed by atoms with E-state index >= 15 is 0 Å². The van der Waals surface area contributed by atoms with E-state index in [1.807, 2.05) is 66.7 Å². The number of rotatable bonds is 5. The molecule has 0 radical (unpaired) electrons. The molecule has 0 amide bonds. The quantitative estimate of drug-likeness (QED) is 0.514. The molecule has 0 unspecified atom stereocenters. The normalized spacial score (nSPS) is 9.83. The lowest BCUT2D eigenvalue weighted by Crippen LogP contribution is -2.22. The molecule has 30 heavy (non-hydrogen) atoms. The fourth-order valence-corrected chi connectivity index (χ4v) is 5.57. The number of phenolic OH excluding ortho intramolecular Hbond substituents is 1. The minimum absolute atomic E-state index is 0.130. The zero-order chi connectivity index (χ0) is 21.5. The van der Waals surface area contributed by atoms with Crippen LogP contribution < -0.4 is 20.7 Å². The van der Waals surface area contributed by atoms with E-state index in [0.29, 0.717) is 11.1 Å². The smallest absolute Gasteiger partial charge is 0.148 e. The molecule has 0 spiro atoms. The van der Waals surface area contributed by atoms with Gasteiger partial charge >= 0.3 is 0 Å². The van der Waals surface area contributed by atoms with E-state index in [0.717, 1.165) is 10.6 Å². The summed E-state index contributed by atoms with van der Waals surface area (Å²) in [5, 5.41) is 41.8. The van der Waals surface area contributed by atoms with Gasteiger partial charge in [0.1, 0.15) is 35.3 Å². The molecule has 0 fully saturated rings. The molecular weight excluding hydrogens is 393 g/mol. The highest BCUT2D eigenvalue weighted by atomic mass is 31.1. The van der Waals surface area contributed by atoms with E-state index in [4.69, 9.17) is 4.74 Å². The first-order chi connectivity index (χ1) is 14.7. The van der Waals surface area contributed by atoms with Gasteiger partial charge in [0.2, 0.25) is 0 Å². The van der Waals surface area contributed by atoms with Crippen LogP contribution >= 0.6 is 7.92 Å². The molecule has 3 rings (SSSR count). The van der Waals surface area contributed by atoms with Crippen LogP contribution in [0.25, 0.3) is 5.57 Å². The van der Waals surface area contributed by atoms with Crippen molar-refractivity contribution in [2.45, 2.75) is 0 Å². The number of methoxy groups -OCH3 is 1. The minimum atomic E-state index is -1.24. The van der Waals surface area contributed by atoms with Crippen LogP contribution in [0.1, 0.15) is 5.56 Å². The zero-order valence-electron chi connectivity index (χ0n) is 16.1. The summed E-state index contributed by atoms with van der Waals surface area (Å²) >= 11 is 0. The molecular formula is C24H16N3O2P. The Balaban J connectivity index is 2.38. The fraction of sp³-hybridized carbons (Fsp3) is 0.0417. The topological polar surface area (TPSA) is 101 Å². The van der Waals surface area contributed by atoms with E-state index in [9.17, 15) is 20.9 Å². The number of phenols is 1. The van der Waals surface area contributed by atoms with Gasteiger partial charge in [-0.2, -0.15) is 15.8 Å². The van der Waals surface area contributed by atoms with Crippen molar-refractivity contribution in [3.63, 3.8) is 0 Å². The number of benzene rings is 3. The standard InChI is InChI=1S/C24H16N3O2P/c1-29-22-13-12-20(21(16-27)17(14-25)15-26)23(28)24(22)30(18-8-4-2-5-9-18)19-10-6-3-7-11-19/h2-13,28H,1H3. The predicted octanol–water partition coefficient (Wildman–Crippen LogP) is 3.48. The molecule has 144 valence electrons.